The number of alkyl halides is 1. The highest BCUT2D eigenvalue weighted by Gasteiger charge is 2.26. The Hall–Kier alpha value is -0.540. The molecule has 1 fully saturated rings. The van der Waals surface area contributed by atoms with Gasteiger partial charge in [0.1, 0.15) is 0 Å². The van der Waals surface area contributed by atoms with E-state index in [4.69, 9.17) is 11.6 Å². The molecule has 1 aliphatic carbocycles. The minimum atomic E-state index is -0.00199. The number of amides is 1. The van der Waals surface area contributed by atoms with Crippen molar-refractivity contribution < 1.29 is 4.79 Å². The van der Waals surface area contributed by atoms with E-state index in [2.05, 4.69) is 21.2 Å². The zero-order valence-corrected chi connectivity index (χ0v) is 13.4. The first-order valence-electron chi connectivity index (χ1n) is 6.75. The van der Waals surface area contributed by atoms with Crippen molar-refractivity contribution in [1.29, 1.82) is 0 Å². The number of rotatable bonds is 3. The van der Waals surface area contributed by atoms with Crippen LogP contribution in [-0.4, -0.2) is 17.3 Å². The molecular formula is C15H19BrClNO. The summed E-state index contributed by atoms with van der Waals surface area (Å²) in [6.45, 7) is 1.94. The summed E-state index contributed by atoms with van der Waals surface area (Å²) in [6.07, 6.45) is 4.72. The third-order valence-corrected chi connectivity index (χ3v) is 4.93. The van der Waals surface area contributed by atoms with Gasteiger partial charge in [-0.25, -0.2) is 0 Å². The van der Waals surface area contributed by atoms with Gasteiger partial charge >= 0.3 is 0 Å². The van der Waals surface area contributed by atoms with Crippen molar-refractivity contribution in [2.24, 2.45) is 5.92 Å². The Morgan fingerprint density at radius 3 is 2.89 bits per heavy atom. The van der Waals surface area contributed by atoms with E-state index < -0.39 is 0 Å². The maximum absolute atomic E-state index is 12.4. The molecule has 2 nitrogen and oxygen atoms in total. The van der Waals surface area contributed by atoms with Crippen molar-refractivity contribution >= 4 is 33.4 Å². The minimum absolute atomic E-state index is 0.00199. The van der Waals surface area contributed by atoms with Gasteiger partial charge in [-0.05, 0) is 43.4 Å². The summed E-state index contributed by atoms with van der Waals surface area (Å²) in [4.78, 5) is 12.4. The number of halogens is 2. The fraction of sp³-hybridized carbons (Fsp3) is 0.533. The van der Waals surface area contributed by atoms with Gasteiger partial charge in [0.15, 0.2) is 0 Å². The van der Waals surface area contributed by atoms with Crippen LogP contribution < -0.4 is 5.32 Å². The Kier molecular flexibility index (Phi) is 5.28. The van der Waals surface area contributed by atoms with Gasteiger partial charge < -0.3 is 5.32 Å². The van der Waals surface area contributed by atoms with E-state index >= 15 is 0 Å². The highest BCUT2D eigenvalue weighted by molar-refractivity contribution is 9.09. The zero-order chi connectivity index (χ0) is 13.8. The first-order valence-corrected chi connectivity index (χ1v) is 8.24. The van der Waals surface area contributed by atoms with Crippen LogP contribution in [0.1, 0.15) is 41.6 Å². The van der Waals surface area contributed by atoms with E-state index in [0.29, 0.717) is 16.5 Å². The molecule has 1 aliphatic rings. The summed E-state index contributed by atoms with van der Waals surface area (Å²) in [6, 6.07) is 5.73. The molecule has 0 spiro atoms. The van der Waals surface area contributed by atoms with Crippen LogP contribution in [0.4, 0.5) is 0 Å². The van der Waals surface area contributed by atoms with E-state index in [9.17, 15) is 4.79 Å². The Morgan fingerprint density at radius 2 is 2.16 bits per heavy atom. The number of carbonyl (C=O) groups is 1. The second-order valence-electron chi connectivity index (χ2n) is 5.24. The standard InChI is InChI=1S/C15H19BrClNO/c1-10-6-7-12(17)8-13(10)15(19)18-14-5-3-2-4-11(14)9-16/h6-8,11,14H,2-5,9H2,1H3,(H,18,19). The molecule has 2 rings (SSSR count). The van der Waals surface area contributed by atoms with Gasteiger partial charge in [0.2, 0.25) is 0 Å². The molecular weight excluding hydrogens is 326 g/mol. The monoisotopic (exact) mass is 343 g/mol. The number of nitrogens with one attached hydrogen (secondary N) is 1. The largest absolute Gasteiger partial charge is 0.349 e. The van der Waals surface area contributed by atoms with E-state index in [1.165, 1.54) is 19.3 Å². The number of carbonyl (C=O) groups excluding carboxylic acids is 1. The highest BCUT2D eigenvalue weighted by atomic mass is 79.9. The lowest BCUT2D eigenvalue weighted by Crippen LogP contribution is -2.42. The third kappa shape index (κ3) is 3.73. The maximum atomic E-state index is 12.4. The predicted molar refractivity (Wildman–Crippen MR) is 83.2 cm³/mol. The highest BCUT2D eigenvalue weighted by Crippen LogP contribution is 2.26. The lowest BCUT2D eigenvalue weighted by molar-refractivity contribution is 0.0911. The van der Waals surface area contributed by atoms with Crippen molar-refractivity contribution in [3.63, 3.8) is 0 Å². The van der Waals surface area contributed by atoms with Gasteiger partial charge in [0.05, 0.1) is 0 Å². The molecule has 0 bridgehead atoms. The average molecular weight is 345 g/mol. The molecule has 0 radical (unpaired) electrons. The second kappa shape index (κ2) is 6.76. The van der Waals surface area contributed by atoms with Gasteiger partial charge in [-0.2, -0.15) is 0 Å². The molecule has 2 unspecified atom stereocenters. The van der Waals surface area contributed by atoms with Gasteiger partial charge in [-0.1, -0.05) is 46.4 Å². The van der Waals surface area contributed by atoms with Crippen molar-refractivity contribution in [2.45, 2.75) is 38.6 Å². The molecule has 0 heterocycles. The van der Waals surface area contributed by atoms with Crippen LogP contribution in [0.15, 0.2) is 18.2 Å². The van der Waals surface area contributed by atoms with Crippen LogP contribution in [0.2, 0.25) is 5.02 Å². The summed E-state index contributed by atoms with van der Waals surface area (Å²) < 4.78 is 0. The van der Waals surface area contributed by atoms with Gasteiger partial charge in [-0.15, -0.1) is 0 Å². The van der Waals surface area contributed by atoms with E-state index in [-0.39, 0.29) is 11.9 Å². The molecule has 1 aromatic carbocycles. The van der Waals surface area contributed by atoms with Crippen molar-refractivity contribution in [1.82, 2.24) is 5.32 Å². The van der Waals surface area contributed by atoms with Crippen LogP contribution in [0.5, 0.6) is 0 Å². The quantitative estimate of drug-likeness (QED) is 0.812. The van der Waals surface area contributed by atoms with Crippen molar-refractivity contribution in [3.05, 3.63) is 34.3 Å². The molecule has 0 aliphatic heterocycles. The topological polar surface area (TPSA) is 29.1 Å². The van der Waals surface area contributed by atoms with E-state index in [0.717, 1.165) is 17.3 Å². The first-order chi connectivity index (χ1) is 9.11. The van der Waals surface area contributed by atoms with Gasteiger partial charge in [-0.3, -0.25) is 4.79 Å². The summed E-state index contributed by atoms with van der Waals surface area (Å²) in [7, 11) is 0. The van der Waals surface area contributed by atoms with Crippen LogP contribution in [0, 0.1) is 12.8 Å². The molecule has 4 heteroatoms. The fourth-order valence-electron chi connectivity index (χ4n) is 2.67. The molecule has 2 atom stereocenters. The van der Waals surface area contributed by atoms with Gasteiger partial charge in [0.25, 0.3) is 5.91 Å². The summed E-state index contributed by atoms with van der Waals surface area (Å²) in [5.41, 5.74) is 1.65. The molecule has 0 aromatic heterocycles. The van der Waals surface area contributed by atoms with Crippen LogP contribution in [0.3, 0.4) is 0 Å². The second-order valence-corrected chi connectivity index (χ2v) is 6.32. The molecule has 1 amide bonds. The lowest BCUT2D eigenvalue weighted by atomic mass is 9.85. The Balaban J connectivity index is 2.09. The summed E-state index contributed by atoms with van der Waals surface area (Å²) >= 11 is 9.52. The summed E-state index contributed by atoms with van der Waals surface area (Å²) in [5, 5.41) is 4.74. The first kappa shape index (κ1) is 14.9. The van der Waals surface area contributed by atoms with Crippen molar-refractivity contribution in [2.75, 3.05) is 5.33 Å². The minimum Gasteiger partial charge on any atom is -0.349 e. The molecule has 19 heavy (non-hydrogen) atoms. The Bertz CT molecular complexity index is 463. The van der Waals surface area contributed by atoms with Crippen molar-refractivity contribution in [3.8, 4) is 0 Å². The normalized spacial score (nSPS) is 23.1. The van der Waals surface area contributed by atoms with E-state index in [1.807, 2.05) is 19.1 Å². The van der Waals surface area contributed by atoms with Gasteiger partial charge in [0, 0.05) is 22.0 Å². The number of hydrogen-bond donors (Lipinski definition) is 1. The lowest BCUT2D eigenvalue weighted by Gasteiger charge is -2.31. The number of benzene rings is 1. The van der Waals surface area contributed by atoms with Crippen LogP contribution in [-0.2, 0) is 0 Å². The smallest absolute Gasteiger partial charge is 0.251 e. The maximum Gasteiger partial charge on any atom is 0.251 e. The molecule has 1 saturated carbocycles. The van der Waals surface area contributed by atoms with E-state index in [1.54, 1.807) is 6.07 Å². The zero-order valence-electron chi connectivity index (χ0n) is 11.1. The summed E-state index contributed by atoms with van der Waals surface area (Å²) in [5.74, 6) is 0.537. The number of hydrogen-bond acceptors (Lipinski definition) is 1. The molecule has 104 valence electrons. The molecule has 0 saturated heterocycles. The fourth-order valence-corrected chi connectivity index (χ4v) is 3.61. The average Bonchev–Trinajstić information content (AvgIpc) is 2.42. The SMILES string of the molecule is Cc1ccc(Cl)cc1C(=O)NC1CCCCC1CBr. The predicted octanol–water partition coefficient (Wildman–Crippen LogP) is 4.33. The third-order valence-electron chi connectivity index (χ3n) is 3.87. The molecule has 1 aromatic rings. The Labute approximate surface area is 128 Å². The number of aryl methyl sites for hydroxylation is 1. The molecule has 1 N–H and O–H groups in total. The van der Waals surface area contributed by atoms with Crippen LogP contribution >= 0.6 is 27.5 Å². The Morgan fingerprint density at radius 1 is 1.42 bits per heavy atom. The van der Waals surface area contributed by atoms with Crippen LogP contribution in [0.25, 0.3) is 0 Å².